The van der Waals surface area contributed by atoms with E-state index in [9.17, 15) is 9.90 Å². The van der Waals surface area contributed by atoms with Gasteiger partial charge in [-0.3, -0.25) is 0 Å². The smallest absolute Gasteiger partial charge is 0.337 e. The number of nitrogens with zero attached hydrogens (tertiary/aromatic N) is 4. The van der Waals surface area contributed by atoms with Crippen LogP contribution in [-0.4, -0.2) is 30.8 Å². The second kappa shape index (κ2) is 5.01. The van der Waals surface area contributed by atoms with E-state index in [1.807, 2.05) is 24.5 Å². The van der Waals surface area contributed by atoms with Gasteiger partial charge in [0.2, 0.25) is 6.39 Å². The number of carboxylic acid groups (broad SMARTS) is 1. The third-order valence-corrected chi connectivity index (χ3v) is 3.26. The van der Waals surface area contributed by atoms with Crippen LogP contribution in [-0.2, 0) is 6.54 Å². The Labute approximate surface area is 120 Å². The van der Waals surface area contributed by atoms with Crippen molar-refractivity contribution in [2.45, 2.75) is 26.3 Å². The van der Waals surface area contributed by atoms with E-state index in [0.717, 1.165) is 11.3 Å². The fourth-order valence-electron chi connectivity index (χ4n) is 2.35. The quantitative estimate of drug-likeness (QED) is 0.790. The molecule has 1 aromatic carbocycles. The second-order valence-corrected chi connectivity index (χ2v) is 5.04. The fourth-order valence-corrected chi connectivity index (χ4v) is 2.35. The highest BCUT2D eigenvalue weighted by Crippen LogP contribution is 2.25. The molecule has 0 amide bonds. The summed E-state index contributed by atoms with van der Waals surface area (Å²) in [5.41, 5.74) is 1.43. The predicted octanol–water partition coefficient (Wildman–Crippen LogP) is 2.29. The molecular formula is C14H14N4O3. The number of benzene rings is 1. The molecule has 3 rings (SSSR count). The molecule has 1 N–H and O–H groups in total. The molecule has 0 spiro atoms. The zero-order valence-electron chi connectivity index (χ0n) is 11.6. The van der Waals surface area contributed by atoms with Gasteiger partial charge in [0.15, 0.2) is 5.82 Å². The molecule has 0 saturated heterocycles. The van der Waals surface area contributed by atoms with Gasteiger partial charge in [-0.05, 0) is 12.1 Å². The number of aromatic nitrogens is 4. The lowest BCUT2D eigenvalue weighted by molar-refractivity contribution is 0.0699. The molecular weight excluding hydrogens is 272 g/mol. The average Bonchev–Trinajstić information content (AvgIpc) is 3.07. The van der Waals surface area contributed by atoms with E-state index in [-0.39, 0.29) is 11.5 Å². The first kappa shape index (κ1) is 13.3. The van der Waals surface area contributed by atoms with Gasteiger partial charge >= 0.3 is 5.97 Å². The van der Waals surface area contributed by atoms with E-state index in [0.29, 0.717) is 17.9 Å². The Bertz CT molecular complexity index is 790. The van der Waals surface area contributed by atoms with Gasteiger partial charge in [0.25, 0.3) is 0 Å². The monoisotopic (exact) mass is 286 g/mol. The number of fused-ring (bicyclic) bond motifs is 1. The van der Waals surface area contributed by atoms with Gasteiger partial charge in [-0.25, -0.2) is 9.78 Å². The van der Waals surface area contributed by atoms with Gasteiger partial charge in [0.1, 0.15) is 11.3 Å². The summed E-state index contributed by atoms with van der Waals surface area (Å²) in [5.74, 6) is 0.478. The summed E-state index contributed by atoms with van der Waals surface area (Å²) in [7, 11) is 0. The van der Waals surface area contributed by atoms with Gasteiger partial charge in [-0.15, -0.1) is 0 Å². The maximum atomic E-state index is 11.3. The van der Waals surface area contributed by atoms with Crippen LogP contribution >= 0.6 is 0 Å². The molecule has 0 atom stereocenters. The lowest BCUT2D eigenvalue weighted by atomic mass is 10.2. The Hall–Kier alpha value is -2.70. The molecule has 0 aliphatic carbocycles. The number of para-hydroxylation sites is 1. The van der Waals surface area contributed by atoms with Crippen molar-refractivity contribution in [2.24, 2.45) is 0 Å². The second-order valence-electron chi connectivity index (χ2n) is 5.04. The summed E-state index contributed by atoms with van der Waals surface area (Å²) in [4.78, 5) is 19.9. The zero-order valence-corrected chi connectivity index (χ0v) is 11.6. The molecule has 108 valence electrons. The lowest BCUT2D eigenvalue weighted by Crippen LogP contribution is -2.07. The standard InChI is InChI=1S/C14H14N4O3/c1-8(2)13-16-12-9(14(19)20)4-3-5-10(12)18(13)6-11-15-7-21-17-11/h3-5,7-8H,6H2,1-2H3,(H,19,20). The van der Waals surface area contributed by atoms with E-state index in [4.69, 9.17) is 4.52 Å². The predicted molar refractivity (Wildman–Crippen MR) is 74.2 cm³/mol. The molecule has 2 aromatic heterocycles. The van der Waals surface area contributed by atoms with E-state index in [2.05, 4.69) is 15.1 Å². The number of hydrogen-bond donors (Lipinski definition) is 1. The molecule has 7 heteroatoms. The minimum Gasteiger partial charge on any atom is -0.478 e. The normalized spacial score (nSPS) is 11.4. The minimum absolute atomic E-state index is 0.144. The van der Waals surface area contributed by atoms with Gasteiger partial charge < -0.3 is 14.2 Å². The van der Waals surface area contributed by atoms with Crippen molar-refractivity contribution in [3.63, 3.8) is 0 Å². The average molecular weight is 286 g/mol. The van der Waals surface area contributed by atoms with Crippen LogP contribution in [0.25, 0.3) is 11.0 Å². The molecule has 0 saturated carbocycles. The Morgan fingerprint density at radius 2 is 2.24 bits per heavy atom. The number of hydrogen-bond acceptors (Lipinski definition) is 5. The van der Waals surface area contributed by atoms with Crippen LogP contribution in [0.2, 0.25) is 0 Å². The van der Waals surface area contributed by atoms with Crippen LogP contribution in [0.3, 0.4) is 0 Å². The first-order chi connectivity index (χ1) is 10.1. The Morgan fingerprint density at radius 3 is 2.86 bits per heavy atom. The number of rotatable bonds is 4. The van der Waals surface area contributed by atoms with Crippen LogP contribution in [0.1, 0.15) is 41.8 Å². The van der Waals surface area contributed by atoms with Gasteiger partial charge in [0.05, 0.1) is 17.6 Å². The molecule has 0 bridgehead atoms. The van der Waals surface area contributed by atoms with Gasteiger partial charge in [0, 0.05) is 5.92 Å². The number of carbonyl (C=O) groups is 1. The third kappa shape index (κ3) is 2.26. The topological polar surface area (TPSA) is 94.0 Å². The van der Waals surface area contributed by atoms with Crippen LogP contribution in [0.4, 0.5) is 0 Å². The summed E-state index contributed by atoms with van der Waals surface area (Å²) in [6.07, 6.45) is 1.27. The summed E-state index contributed by atoms with van der Waals surface area (Å²) in [5, 5.41) is 13.1. The molecule has 3 aromatic rings. The van der Waals surface area contributed by atoms with Gasteiger partial charge in [-0.2, -0.15) is 4.98 Å². The summed E-state index contributed by atoms with van der Waals surface area (Å²) in [6, 6.07) is 5.12. The largest absolute Gasteiger partial charge is 0.478 e. The summed E-state index contributed by atoms with van der Waals surface area (Å²) < 4.78 is 6.68. The van der Waals surface area contributed by atoms with E-state index >= 15 is 0 Å². The third-order valence-electron chi connectivity index (χ3n) is 3.26. The highest BCUT2D eigenvalue weighted by molar-refractivity contribution is 6.01. The van der Waals surface area contributed by atoms with Gasteiger partial charge in [-0.1, -0.05) is 25.1 Å². The molecule has 0 fully saturated rings. The van der Waals surface area contributed by atoms with Crippen molar-refractivity contribution < 1.29 is 14.4 Å². The highest BCUT2D eigenvalue weighted by atomic mass is 16.5. The van der Waals surface area contributed by atoms with Crippen molar-refractivity contribution in [3.8, 4) is 0 Å². The minimum atomic E-state index is -0.986. The molecule has 0 aliphatic rings. The molecule has 0 radical (unpaired) electrons. The zero-order chi connectivity index (χ0) is 15.0. The number of imidazole rings is 1. The Kier molecular flexibility index (Phi) is 3.17. The van der Waals surface area contributed by atoms with Crippen molar-refractivity contribution >= 4 is 17.0 Å². The number of carboxylic acids is 1. The van der Waals surface area contributed by atoms with Crippen molar-refractivity contribution in [3.05, 3.63) is 41.8 Å². The van der Waals surface area contributed by atoms with Crippen molar-refractivity contribution in [1.29, 1.82) is 0 Å². The van der Waals surface area contributed by atoms with Crippen molar-refractivity contribution in [1.82, 2.24) is 19.7 Å². The SMILES string of the molecule is CC(C)c1nc2c(C(=O)O)cccc2n1Cc1ncon1. The van der Waals surface area contributed by atoms with Crippen LogP contribution in [0, 0.1) is 0 Å². The molecule has 21 heavy (non-hydrogen) atoms. The summed E-state index contributed by atoms with van der Waals surface area (Å²) >= 11 is 0. The highest BCUT2D eigenvalue weighted by Gasteiger charge is 2.19. The molecule has 2 heterocycles. The first-order valence-electron chi connectivity index (χ1n) is 6.55. The Morgan fingerprint density at radius 1 is 1.43 bits per heavy atom. The van der Waals surface area contributed by atoms with E-state index in [1.54, 1.807) is 12.1 Å². The molecule has 7 nitrogen and oxygen atoms in total. The Balaban J connectivity index is 2.23. The van der Waals surface area contributed by atoms with E-state index < -0.39 is 5.97 Å². The number of aromatic carboxylic acids is 1. The fraction of sp³-hybridized carbons (Fsp3) is 0.286. The van der Waals surface area contributed by atoms with Crippen LogP contribution in [0.15, 0.2) is 29.1 Å². The van der Waals surface area contributed by atoms with Crippen LogP contribution < -0.4 is 0 Å². The molecule has 0 aliphatic heterocycles. The van der Waals surface area contributed by atoms with Crippen molar-refractivity contribution in [2.75, 3.05) is 0 Å². The molecule has 0 unspecified atom stereocenters. The lowest BCUT2D eigenvalue weighted by Gasteiger charge is -2.09. The maximum absolute atomic E-state index is 11.3. The maximum Gasteiger partial charge on any atom is 0.337 e. The first-order valence-corrected chi connectivity index (χ1v) is 6.55. The van der Waals surface area contributed by atoms with Crippen LogP contribution in [0.5, 0.6) is 0 Å². The van der Waals surface area contributed by atoms with E-state index in [1.165, 1.54) is 6.39 Å². The summed E-state index contributed by atoms with van der Waals surface area (Å²) in [6.45, 7) is 4.41.